The van der Waals surface area contributed by atoms with E-state index in [4.69, 9.17) is 9.47 Å². The Hall–Kier alpha value is -0.610. The Labute approximate surface area is 97.9 Å². The second-order valence-corrected chi connectivity index (χ2v) is 5.48. The molecule has 0 N–H and O–H groups in total. The summed E-state index contributed by atoms with van der Waals surface area (Å²) in [7, 11) is 2.04. The van der Waals surface area contributed by atoms with Gasteiger partial charge in [-0.1, -0.05) is 0 Å². The molecule has 1 aliphatic heterocycles. The zero-order valence-electron chi connectivity index (χ0n) is 10.9. The third-order valence-corrected chi connectivity index (χ3v) is 2.69. The zero-order valence-corrected chi connectivity index (χ0v) is 10.9. The lowest BCUT2D eigenvalue weighted by atomic mass is 10.1. The molecule has 0 aromatic carbocycles. The Morgan fingerprint density at radius 1 is 1.44 bits per heavy atom. The number of likely N-dealkylation sites (tertiary alicyclic amines) is 1. The van der Waals surface area contributed by atoms with Gasteiger partial charge in [0.1, 0.15) is 6.10 Å². The summed E-state index contributed by atoms with van der Waals surface area (Å²) in [6, 6.07) is 0.351. The van der Waals surface area contributed by atoms with Crippen LogP contribution in [-0.4, -0.2) is 48.8 Å². The van der Waals surface area contributed by atoms with Gasteiger partial charge in [0, 0.05) is 25.9 Å². The first-order valence-electron chi connectivity index (χ1n) is 5.79. The van der Waals surface area contributed by atoms with Crippen LogP contribution in [0.25, 0.3) is 0 Å². The fourth-order valence-electron chi connectivity index (χ4n) is 1.89. The van der Waals surface area contributed by atoms with Crippen LogP contribution in [0.3, 0.4) is 0 Å². The van der Waals surface area contributed by atoms with E-state index >= 15 is 0 Å². The van der Waals surface area contributed by atoms with Gasteiger partial charge in [0.15, 0.2) is 0 Å². The Bertz CT molecular complexity index is 247. The molecule has 16 heavy (non-hydrogen) atoms. The Kier molecular flexibility index (Phi) is 4.33. The minimum Gasteiger partial charge on any atom is -0.461 e. The molecule has 4 nitrogen and oxygen atoms in total. The van der Waals surface area contributed by atoms with Crippen molar-refractivity contribution in [2.75, 3.05) is 20.2 Å². The number of esters is 1. The molecule has 0 unspecified atom stereocenters. The predicted molar refractivity (Wildman–Crippen MR) is 62.3 cm³/mol. The highest BCUT2D eigenvalue weighted by Crippen LogP contribution is 2.20. The molecule has 0 aliphatic carbocycles. The lowest BCUT2D eigenvalue weighted by molar-refractivity contribution is -0.145. The molecule has 0 bridgehead atoms. The van der Waals surface area contributed by atoms with E-state index in [1.165, 1.54) is 6.92 Å². The smallest absolute Gasteiger partial charge is 0.302 e. The number of nitrogens with zero attached hydrogens (tertiary/aromatic N) is 1. The van der Waals surface area contributed by atoms with Gasteiger partial charge in [-0.3, -0.25) is 9.69 Å². The molecule has 1 heterocycles. The number of hydrogen-bond donors (Lipinski definition) is 0. The third kappa shape index (κ3) is 4.49. The van der Waals surface area contributed by atoms with E-state index in [0.717, 1.165) is 13.0 Å². The number of rotatable bonds is 3. The van der Waals surface area contributed by atoms with E-state index in [2.05, 4.69) is 4.90 Å². The van der Waals surface area contributed by atoms with Gasteiger partial charge in [-0.25, -0.2) is 0 Å². The molecule has 1 saturated heterocycles. The molecule has 2 atom stereocenters. The van der Waals surface area contributed by atoms with Crippen molar-refractivity contribution in [2.24, 2.45) is 0 Å². The van der Waals surface area contributed by atoms with Gasteiger partial charge in [0.05, 0.1) is 12.2 Å². The largest absolute Gasteiger partial charge is 0.461 e. The molecule has 0 amide bonds. The lowest BCUT2D eigenvalue weighted by Gasteiger charge is -2.25. The predicted octanol–water partition coefficient (Wildman–Crippen LogP) is 1.44. The molecule has 0 radical (unpaired) electrons. The molecule has 1 rings (SSSR count). The summed E-state index contributed by atoms with van der Waals surface area (Å²) in [6.45, 7) is 9.09. The maximum Gasteiger partial charge on any atom is 0.302 e. The topological polar surface area (TPSA) is 38.8 Å². The molecule has 1 aliphatic rings. The molecule has 4 heteroatoms. The van der Waals surface area contributed by atoms with Crippen molar-refractivity contribution in [2.45, 2.75) is 51.9 Å². The Balaban J connectivity index is 2.36. The van der Waals surface area contributed by atoms with E-state index < -0.39 is 0 Å². The van der Waals surface area contributed by atoms with Crippen LogP contribution in [0, 0.1) is 0 Å². The minimum atomic E-state index is -0.198. The van der Waals surface area contributed by atoms with Crippen molar-refractivity contribution >= 4 is 5.97 Å². The lowest BCUT2D eigenvalue weighted by Crippen LogP contribution is -2.33. The van der Waals surface area contributed by atoms with Gasteiger partial charge in [0.2, 0.25) is 0 Å². The van der Waals surface area contributed by atoms with Crippen LogP contribution in [0.4, 0.5) is 0 Å². The average Bonchev–Trinajstić information content (AvgIpc) is 2.40. The van der Waals surface area contributed by atoms with Crippen LogP contribution in [-0.2, 0) is 14.3 Å². The molecule has 1 fully saturated rings. The van der Waals surface area contributed by atoms with Crippen LogP contribution in [0.5, 0.6) is 0 Å². The van der Waals surface area contributed by atoms with E-state index in [0.29, 0.717) is 12.6 Å². The summed E-state index contributed by atoms with van der Waals surface area (Å²) < 4.78 is 11.0. The maximum atomic E-state index is 10.9. The average molecular weight is 229 g/mol. The molecule has 94 valence electrons. The highest BCUT2D eigenvalue weighted by atomic mass is 16.5. The van der Waals surface area contributed by atoms with E-state index in [-0.39, 0.29) is 17.7 Å². The van der Waals surface area contributed by atoms with Gasteiger partial charge in [-0.15, -0.1) is 0 Å². The van der Waals surface area contributed by atoms with Crippen LogP contribution >= 0.6 is 0 Å². The fourth-order valence-corrected chi connectivity index (χ4v) is 1.89. The maximum absolute atomic E-state index is 10.9. The van der Waals surface area contributed by atoms with Gasteiger partial charge < -0.3 is 9.47 Å². The molecule has 0 saturated carbocycles. The van der Waals surface area contributed by atoms with Crippen molar-refractivity contribution in [3.05, 3.63) is 0 Å². The first-order valence-corrected chi connectivity index (χ1v) is 5.79. The summed E-state index contributed by atoms with van der Waals surface area (Å²) in [4.78, 5) is 13.1. The quantitative estimate of drug-likeness (QED) is 0.686. The first-order chi connectivity index (χ1) is 7.28. The van der Waals surface area contributed by atoms with Crippen molar-refractivity contribution in [1.82, 2.24) is 4.90 Å². The SMILES string of the molecule is CC(=O)O[C@@H]1C[C@@H](COC(C)(C)C)N(C)C1. The molecule has 0 spiro atoms. The summed E-state index contributed by atoms with van der Waals surface area (Å²) >= 11 is 0. The summed E-state index contributed by atoms with van der Waals surface area (Å²) in [6.07, 6.45) is 0.891. The molecular formula is C12H23NO3. The van der Waals surface area contributed by atoms with Crippen molar-refractivity contribution < 1.29 is 14.3 Å². The van der Waals surface area contributed by atoms with Crippen molar-refractivity contribution in [3.8, 4) is 0 Å². The highest BCUT2D eigenvalue weighted by molar-refractivity contribution is 5.66. The van der Waals surface area contributed by atoms with E-state index in [9.17, 15) is 4.79 Å². The van der Waals surface area contributed by atoms with Crippen molar-refractivity contribution in [1.29, 1.82) is 0 Å². The standard InChI is InChI=1S/C12H23NO3/c1-9(14)16-11-6-10(13(5)7-11)8-15-12(2,3)4/h10-11H,6-8H2,1-5H3/t10-,11+/m0/s1. The van der Waals surface area contributed by atoms with Gasteiger partial charge in [0.25, 0.3) is 0 Å². The number of ether oxygens (including phenoxy) is 2. The highest BCUT2D eigenvalue weighted by Gasteiger charge is 2.32. The van der Waals surface area contributed by atoms with Crippen LogP contribution in [0.15, 0.2) is 0 Å². The normalized spacial score (nSPS) is 27.1. The molecule has 0 aromatic heterocycles. The summed E-state index contributed by atoms with van der Waals surface area (Å²) in [5, 5.41) is 0. The van der Waals surface area contributed by atoms with Crippen LogP contribution in [0.1, 0.15) is 34.1 Å². The van der Waals surface area contributed by atoms with Gasteiger partial charge in [-0.05, 0) is 27.8 Å². The van der Waals surface area contributed by atoms with Gasteiger partial charge >= 0.3 is 5.97 Å². The van der Waals surface area contributed by atoms with Gasteiger partial charge in [-0.2, -0.15) is 0 Å². The fraction of sp³-hybridized carbons (Fsp3) is 0.917. The number of carbonyl (C=O) groups is 1. The second-order valence-electron chi connectivity index (χ2n) is 5.48. The molecule has 0 aromatic rings. The Morgan fingerprint density at radius 3 is 2.56 bits per heavy atom. The Morgan fingerprint density at radius 2 is 2.06 bits per heavy atom. The minimum absolute atomic E-state index is 0.0241. The number of hydrogen-bond acceptors (Lipinski definition) is 4. The number of likely N-dealkylation sites (N-methyl/N-ethyl adjacent to an activating group) is 1. The third-order valence-electron chi connectivity index (χ3n) is 2.69. The first kappa shape index (κ1) is 13.5. The zero-order chi connectivity index (χ0) is 12.3. The monoisotopic (exact) mass is 229 g/mol. The second kappa shape index (κ2) is 5.15. The van der Waals surface area contributed by atoms with E-state index in [1.807, 2.05) is 27.8 Å². The van der Waals surface area contributed by atoms with Crippen molar-refractivity contribution in [3.63, 3.8) is 0 Å². The van der Waals surface area contributed by atoms with E-state index in [1.54, 1.807) is 0 Å². The summed E-state index contributed by atoms with van der Waals surface area (Å²) in [5.74, 6) is -0.198. The summed E-state index contributed by atoms with van der Waals surface area (Å²) in [5.41, 5.74) is -0.111. The number of carbonyl (C=O) groups excluding carboxylic acids is 1. The van der Waals surface area contributed by atoms with Crippen LogP contribution < -0.4 is 0 Å². The van der Waals surface area contributed by atoms with Crippen LogP contribution in [0.2, 0.25) is 0 Å². The molecular weight excluding hydrogens is 206 g/mol.